The van der Waals surface area contributed by atoms with Crippen LogP contribution in [0.2, 0.25) is 0 Å². The summed E-state index contributed by atoms with van der Waals surface area (Å²) in [6.45, 7) is 0.348. The summed E-state index contributed by atoms with van der Waals surface area (Å²) in [6, 6.07) is 0. The number of terminal acetylenes is 1. The molecular formula is C6H7F2NO. The van der Waals surface area contributed by atoms with Gasteiger partial charge in [0.1, 0.15) is 0 Å². The maximum absolute atomic E-state index is 12.0. The number of halogens is 2. The van der Waals surface area contributed by atoms with Crippen molar-refractivity contribution in [3.05, 3.63) is 0 Å². The summed E-state index contributed by atoms with van der Waals surface area (Å²) >= 11 is 0. The first-order chi connectivity index (χ1) is 4.48. The quantitative estimate of drug-likeness (QED) is 0.562. The van der Waals surface area contributed by atoms with Gasteiger partial charge in [0.05, 0.1) is 6.54 Å². The lowest BCUT2D eigenvalue weighted by Gasteiger charge is -2.07. The SMILES string of the molecule is C#CCNC(=O)C(C)(F)F. The first-order valence-electron chi connectivity index (χ1n) is 2.58. The van der Waals surface area contributed by atoms with Gasteiger partial charge in [-0.1, -0.05) is 5.92 Å². The van der Waals surface area contributed by atoms with E-state index in [4.69, 9.17) is 6.42 Å². The van der Waals surface area contributed by atoms with Gasteiger partial charge in [-0.15, -0.1) is 6.42 Å². The van der Waals surface area contributed by atoms with Crippen LogP contribution in [0.25, 0.3) is 0 Å². The van der Waals surface area contributed by atoms with E-state index in [1.807, 2.05) is 11.2 Å². The third-order valence-corrected chi connectivity index (χ3v) is 0.750. The lowest BCUT2D eigenvalue weighted by atomic mass is 10.3. The molecule has 0 rings (SSSR count). The topological polar surface area (TPSA) is 29.1 Å². The minimum Gasteiger partial charge on any atom is -0.340 e. The predicted molar refractivity (Wildman–Crippen MR) is 32.5 cm³/mol. The summed E-state index contributed by atoms with van der Waals surface area (Å²) in [5.74, 6) is -2.67. The minimum atomic E-state index is -3.34. The van der Waals surface area contributed by atoms with Crippen molar-refractivity contribution < 1.29 is 13.6 Å². The Morgan fingerprint density at radius 3 is 2.60 bits per heavy atom. The van der Waals surface area contributed by atoms with E-state index in [0.29, 0.717) is 6.92 Å². The highest BCUT2D eigenvalue weighted by atomic mass is 19.3. The Morgan fingerprint density at radius 1 is 1.80 bits per heavy atom. The average Bonchev–Trinajstić information content (AvgIpc) is 1.80. The molecule has 0 aliphatic rings. The summed E-state index contributed by atoms with van der Waals surface area (Å²) < 4.78 is 23.9. The zero-order chi connectivity index (χ0) is 8.20. The molecule has 0 atom stereocenters. The Morgan fingerprint density at radius 2 is 2.30 bits per heavy atom. The van der Waals surface area contributed by atoms with Crippen LogP contribution in [0.15, 0.2) is 0 Å². The van der Waals surface area contributed by atoms with Gasteiger partial charge in [0.15, 0.2) is 0 Å². The molecule has 10 heavy (non-hydrogen) atoms. The highest BCUT2D eigenvalue weighted by molar-refractivity contribution is 5.82. The maximum atomic E-state index is 12.0. The third-order valence-electron chi connectivity index (χ3n) is 0.750. The van der Waals surface area contributed by atoms with E-state index in [1.165, 1.54) is 0 Å². The molecule has 0 spiro atoms. The first-order valence-corrected chi connectivity index (χ1v) is 2.58. The molecule has 0 aromatic heterocycles. The molecular weight excluding hydrogens is 140 g/mol. The van der Waals surface area contributed by atoms with Crippen LogP contribution in [0.3, 0.4) is 0 Å². The highest BCUT2D eigenvalue weighted by Gasteiger charge is 2.31. The fraction of sp³-hybridized carbons (Fsp3) is 0.500. The van der Waals surface area contributed by atoms with E-state index in [-0.39, 0.29) is 6.54 Å². The van der Waals surface area contributed by atoms with E-state index in [1.54, 1.807) is 0 Å². The molecule has 0 heterocycles. The number of alkyl halides is 2. The molecule has 56 valence electrons. The lowest BCUT2D eigenvalue weighted by molar-refractivity contribution is -0.142. The van der Waals surface area contributed by atoms with Crippen LogP contribution in [0.1, 0.15) is 6.92 Å². The van der Waals surface area contributed by atoms with Crippen molar-refractivity contribution in [1.29, 1.82) is 0 Å². The molecule has 0 aliphatic carbocycles. The molecule has 0 fully saturated rings. The summed E-state index contributed by atoms with van der Waals surface area (Å²) in [7, 11) is 0. The van der Waals surface area contributed by atoms with Crippen LogP contribution < -0.4 is 5.32 Å². The molecule has 0 radical (unpaired) electrons. The van der Waals surface area contributed by atoms with Gasteiger partial charge in [0.2, 0.25) is 0 Å². The zero-order valence-corrected chi connectivity index (χ0v) is 5.45. The number of hydrogen-bond acceptors (Lipinski definition) is 1. The molecule has 0 unspecified atom stereocenters. The van der Waals surface area contributed by atoms with E-state index >= 15 is 0 Å². The van der Waals surface area contributed by atoms with Gasteiger partial charge in [-0.3, -0.25) is 4.79 Å². The number of amides is 1. The molecule has 1 N–H and O–H groups in total. The predicted octanol–water partition coefficient (Wildman–Crippen LogP) is 0.391. The fourth-order valence-corrected chi connectivity index (χ4v) is 0.287. The van der Waals surface area contributed by atoms with Gasteiger partial charge < -0.3 is 5.32 Å². The molecule has 0 aromatic carbocycles. The van der Waals surface area contributed by atoms with E-state index in [2.05, 4.69) is 0 Å². The maximum Gasteiger partial charge on any atom is 0.321 e. The Balaban J connectivity index is 3.78. The summed E-state index contributed by atoms with van der Waals surface area (Å²) in [5, 5.41) is 1.85. The average molecular weight is 147 g/mol. The second kappa shape index (κ2) is 3.16. The van der Waals surface area contributed by atoms with Crippen molar-refractivity contribution in [2.24, 2.45) is 0 Å². The van der Waals surface area contributed by atoms with Crippen molar-refractivity contribution in [3.8, 4) is 12.3 Å². The molecule has 0 aliphatic heterocycles. The third kappa shape index (κ3) is 3.02. The number of carbonyl (C=O) groups excluding carboxylic acids is 1. The Bertz CT molecular complexity index is 166. The number of rotatable bonds is 2. The number of hydrogen-bond donors (Lipinski definition) is 1. The number of carbonyl (C=O) groups is 1. The monoisotopic (exact) mass is 147 g/mol. The van der Waals surface area contributed by atoms with Crippen LogP contribution in [0, 0.1) is 12.3 Å². The molecule has 0 aromatic rings. The Labute approximate surface area is 57.6 Å². The zero-order valence-electron chi connectivity index (χ0n) is 5.45. The standard InChI is InChI=1S/C6H7F2NO/c1-3-4-9-5(10)6(2,7)8/h1H,4H2,2H3,(H,9,10). The van der Waals surface area contributed by atoms with Crippen molar-refractivity contribution in [3.63, 3.8) is 0 Å². The number of nitrogens with one attached hydrogen (secondary N) is 1. The molecule has 0 saturated heterocycles. The molecule has 0 saturated carbocycles. The van der Waals surface area contributed by atoms with Crippen molar-refractivity contribution >= 4 is 5.91 Å². The summed E-state index contributed by atoms with van der Waals surface area (Å²) in [4.78, 5) is 10.3. The minimum absolute atomic E-state index is 0.164. The first kappa shape index (κ1) is 8.89. The van der Waals surface area contributed by atoms with E-state index in [0.717, 1.165) is 0 Å². The molecule has 2 nitrogen and oxygen atoms in total. The Kier molecular flexibility index (Phi) is 2.81. The van der Waals surface area contributed by atoms with Gasteiger partial charge in [0, 0.05) is 6.92 Å². The molecule has 0 bridgehead atoms. The van der Waals surface area contributed by atoms with Gasteiger partial charge in [-0.25, -0.2) is 0 Å². The van der Waals surface area contributed by atoms with Crippen LogP contribution in [-0.4, -0.2) is 18.4 Å². The highest BCUT2D eigenvalue weighted by Crippen LogP contribution is 2.10. The molecule has 4 heteroatoms. The summed E-state index contributed by atoms with van der Waals surface area (Å²) in [6.07, 6.45) is 4.71. The van der Waals surface area contributed by atoms with Gasteiger partial charge >= 0.3 is 5.92 Å². The smallest absolute Gasteiger partial charge is 0.321 e. The van der Waals surface area contributed by atoms with Crippen molar-refractivity contribution in [1.82, 2.24) is 5.32 Å². The largest absolute Gasteiger partial charge is 0.340 e. The second-order valence-corrected chi connectivity index (χ2v) is 1.78. The van der Waals surface area contributed by atoms with Gasteiger partial charge in [-0.2, -0.15) is 8.78 Å². The lowest BCUT2D eigenvalue weighted by Crippen LogP contribution is -2.37. The van der Waals surface area contributed by atoms with Crippen molar-refractivity contribution in [2.45, 2.75) is 12.8 Å². The van der Waals surface area contributed by atoms with E-state index in [9.17, 15) is 13.6 Å². The van der Waals surface area contributed by atoms with Crippen molar-refractivity contribution in [2.75, 3.05) is 6.54 Å². The fourth-order valence-electron chi connectivity index (χ4n) is 0.287. The van der Waals surface area contributed by atoms with Crippen LogP contribution in [0.4, 0.5) is 8.78 Å². The van der Waals surface area contributed by atoms with Gasteiger partial charge in [0.25, 0.3) is 5.91 Å². The Hall–Kier alpha value is -1.11. The van der Waals surface area contributed by atoms with Crippen LogP contribution >= 0.6 is 0 Å². The van der Waals surface area contributed by atoms with Crippen LogP contribution in [0.5, 0.6) is 0 Å². The summed E-state index contributed by atoms with van der Waals surface area (Å²) in [5.41, 5.74) is 0. The van der Waals surface area contributed by atoms with E-state index < -0.39 is 11.8 Å². The van der Waals surface area contributed by atoms with Crippen LogP contribution in [-0.2, 0) is 4.79 Å². The second-order valence-electron chi connectivity index (χ2n) is 1.78. The van der Waals surface area contributed by atoms with Gasteiger partial charge in [-0.05, 0) is 0 Å². The molecule has 1 amide bonds. The normalized spacial score (nSPS) is 10.2.